The summed E-state index contributed by atoms with van der Waals surface area (Å²) < 4.78 is 18.4. The number of nitrogens with one attached hydrogen (secondary N) is 1. The third-order valence-electron chi connectivity index (χ3n) is 8.58. The minimum atomic E-state index is -0.875. The van der Waals surface area contributed by atoms with Crippen molar-refractivity contribution in [1.82, 2.24) is 5.32 Å². The Morgan fingerprint density at radius 1 is 1.09 bits per heavy atom. The number of fused-ring (bicyclic) bond motifs is 2. The van der Waals surface area contributed by atoms with Crippen LogP contribution in [0.4, 0.5) is 0 Å². The van der Waals surface area contributed by atoms with Crippen molar-refractivity contribution in [2.45, 2.75) is 96.2 Å². The van der Waals surface area contributed by atoms with Crippen LogP contribution < -0.4 is 5.32 Å². The van der Waals surface area contributed by atoms with E-state index < -0.39 is 29.9 Å². The van der Waals surface area contributed by atoms with Crippen LogP contribution in [-0.2, 0) is 33.6 Å². The van der Waals surface area contributed by atoms with Crippen molar-refractivity contribution in [3.63, 3.8) is 0 Å². The fourth-order valence-corrected chi connectivity index (χ4v) is 6.55. The van der Waals surface area contributed by atoms with Crippen molar-refractivity contribution in [1.29, 1.82) is 0 Å². The lowest BCUT2D eigenvalue weighted by atomic mass is 9.58. The van der Waals surface area contributed by atoms with E-state index >= 15 is 0 Å². The quantitative estimate of drug-likeness (QED) is 0.470. The molecule has 35 heavy (non-hydrogen) atoms. The summed E-state index contributed by atoms with van der Waals surface area (Å²) in [5.74, 6) is -0.812. The van der Waals surface area contributed by atoms with Crippen LogP contribution in [0.15, 0.2) is 30.3 Å². The summed E-state index contributed by atoms with van der Waals surface area (Å²) in [6, 6.07) is 9.58. The average Bonchev–Trinajstić information content (AvgIpc) is 3.07. The lowest BCUT2D eigenvalue weighted by Gasteiger charge is -2.59. The molecule has 1 aromatic carbocycles. The summed E-state index contributed by atoms with van der Waals surface area (Å²) in [5.41, 5.74) is 0.322. The van der Waals surface area contributed by atoms with E-state index in [1.807, 2.05) is 51.1 Å². The normalized spacial score (nSPS) is 40.8. The second kappa shape index (κ2) is 9.47. The molecular formula is C27H37NO7. The zero-order chi connectivity index (χ0) is 24.8. The van der Waals surface area contributed by atoms with Crippen LogP contribution in [0.25, 0.3) is 0 Å². The van der Waals surface area contributed by atoms with E-state index in [0.29, 0.717) is 5.92 Å². The minimum absolute atomic E-state index is 0.0156. The molecule has 4 heterocycles. The third-order valence-corrected chi connectivity index (χ3v) is 8.58. The largest absolute Gasteiger partial charge is 0.435 e. The molecule has 6 rings (SSSR count). The lowest BCUT2D eigenvalue weighted by Crippen LogP contribution is -2.70. The van der Waals surface area contributed by atoms with Gasteiger partial charge < -0.3 is 19.5 Å². The smallest absolute Gasteiger partial charge is 0.308 e. The van der Waals surface area contributed by atoms with Gasteiger partial charge in [0.2, 0.25) is 18.0 Å². The van der Waals surface area contributed by atoms with Gasteiger partial charge in [-0.1, -0.05) is 44.2 Å². The highest BCUT2D eigenvalue weighted by Gasteiger charge is 2.69. The van der Waals surface area contributed by atoms with Gasteiger partial charge in [-0.3, -0.25) is 9.59 Å². The number of ether oxygens (including phenoxy) is 3. The van der Waals surface area contributed by atoms with Crippen molar-refractivity contribution in [3.05, 3.63) is 35.9 Å². The van der Waals surface area contributed by atoms with E-state index in [2.05, 4.69) is 12.2 Å². The maximum Gasteiger partial charge on any atom is 0.308 e. The van der Waals surface area contributed by atoms with Crippen LogP contribution in [-0.4, -0.2) is 35.8 Å². The van der Waals surface area contributed by atoms with Crippen molar-refractivity contribution in [2.75, 3.05) is 0 Å². The second-order valence-corrected chi connectivity index (χ2v) is 11.0. The maximum absolute atomic E-state index is 12.7. The molecule has 1 spiro atoms. The van der Waals surface area contributed by atoms with E-state index in [9.17, 15) is 9.59 Å². The first kappa shape index (κ1) is 24.7. The number of hydrogen-bond acceptors (Lipinski definition) is 7. The van der Waals surface area contributed by atoms with Crippen LogP contribution in [0, 0.1) is 23.7 Å². The molecule has 0 aromatic heterocycles. The number of carbonyl (C=O) groups is 2. The number of carbonyl (C=O) groups excluding carboxylic acids is 2. The molecule has 1 amide bonds. The SMILES string of the molecule is C[C@H]1[C@H](OC(=O)CCC(=O)N[C@@H](C)c2ccccc2)O[C@@H]2O[C@@]3(C)CC[C@H]4[C@H](C)CC[C@H]1[C@@]24OO3. The van der Waals surface area contributed by atoms with Gasteiger partial charge in [0, 0.05) is 24.7 Å². The molecule has 5 fully saturated rings. The summed E-state index contributed by atoms with van der Waals surface area (Å²) in [5, 5.41) is 2.93. The van der Waals surface area contributed by atoms with Gasteiger partial charge in [-0.25, -0.2) is 9.78 Å². The molecule has 1 N–H and O–H groups in total. The summed E-state index contributed by atoms with van der Waals surface area (Å²) in [6.07, 6.45) is 2.30. The maximum atomic E-state index is 12.7. The monoisotopic (exact) mass is 487 g/mol. The topological polar surface area (TPSA) is 92.3 Å². The van der Waals surface area contributed by atoms with Crippen LogP contribution in [0.5, 0.6) is 0 Å². The lowest BCUT2D eigenvalue weighted by molar-refractivity contribution is -0.576. The van der Waals surface area contributed by atoms with Gasteiger partial charge in [0.05, 0.1) is 12.5 Å². The molecule has 1 saturated carbocycles. The highest BCUT2D eigenvalue weighted by Crippen LogP contribution is 2.60. The Labute approximate surface area is 206 Å². The number of rotatable bonds is 6. The predicted molar refractivity (Wildman–Crippen MR) is 125 cm³/mol. The standard InChI is InChI=1S/C27H37NO7/c1-16-10-11-21-17(2)24(32-25-27(21)20(16)14-15-26(4,33-25)34-35-27)31-23(30)13-12-22(29)28-18(3)19-8-6-5-7-9-19/h5-9,16-18,20-21,24-25H,10-15H2,1-4H3,(H,28,29)/t16-,17-,18+,20+,21-,24-,25-,26-,27-/m1/s1. The van der Waals surface area contributed by atoms with Crippen LogP contribution in [0.2, 0.25) is 0 Å². The van der Waals surface area contributed by atoms with Crippen LogP contribution in [0.3, 0.4) is 0 Å². The molecule has 192 valence electrons. The van der Waals surface area contributed by atoms with Crippen molar-refractivity contribution < 1.29 is 33.6 Å². The third kappa shape index (κ3) is 4.50. The van der Waals surface area contributed by atoms with E-state index in [-0.39, 0.29) is 42.5 Å². The molecule has 9 atom stereocenters. The fraction of sp³-hybridized carbons (Fsp3) is 0.704. The van der Waals surface area contributed by atoms with Crippen molar-refractivity contribution in [2.24, 2.45) is 23.7 Å². The van der Waals surface area contributed by atoms with E-state index in [4.69, 9.17) is 24.0 Å². The molecule has 0 radical (unpaired) electrons. The Morgan fingerprint density at radius 2 is 1.86 bits per heavy atom. The molecule has 1 aromatic rings. The highest BCUT2D eigenvalue weighted by atomic mass is 17.3. The molecule has 8 heteroatoms. The van der Waals surface area contributed by atoms with E-state index in [1.165, 1.54) is 0 Å². The first-order valence-electron chi connectivity index (χ1n) is 13.0. The molecule has 8 nitrogen and oxygen atoms in total. The summed E-state index contributed by atoms with van der Waals surface area (Å²) >= 11 is 0. The zero-order valence-corrected chi connectivity index (χ0v) is 21.0. The van der Waals surface area contributed by atoms with Crippen LogP contribution in [0.1, 0.15) is 77.8 Å². The zero-order valence-electron chi connectivity index (χ0n) is 21.0. The Hall–Kier alpha value is -2.00. The van der Waals surface area contributed by atoms with Gasteiger partial charge in [-0.05, 0) is 50.5 Å². The summed E-state index contributed by atoms with van der Waals surface area (Å²) in [7, 11) is 0. The van der Waals surface area contributed by atoms with Gasteiger partial charge >= 0.3 is 5.97 Å². The highest BCUT2D eigenvalue weighted by molar-refractivity contribution is 5.81. The number of benzene rings is 1. The number of hydrogen-bond donors (Lipinski definition) is 1. The minimum Gasteiger partial charge on any atom is -0.435 e. The number of esters is 1. The average molecular weight is 488 g/mol. The predicted octanol–water partition coefficient (Wildman–Crippen LogP) is 4.40. The number of amides is 1. The van der Waals surface area contributed by atoms with Gasteiger partial charge in [-0.2, -0.15) is 0 Å². The molecule has 0 unspecified atom stereocenters. The first-order valence-corrected chi connectivity index (χ1v) is 13.0. The molecule has 5 aliphatic rings. The van der Waals surface area contributed by atoms with Gasteiger partial charge in [0.1, 0.15) is 0 Å². The first-order chi connectivity index (χ1) is 16.7. The van der Waals surface area contributed by atoms with Gasteiger partial charge in [0.15, 0.2) is 11.9 Å². The molecule has 2 bridgehead atoms. The Balaban J connectivity index is 1.21. The Bertz CT molecular complexity index is 941. The Morgan fingerprint density at radius 3 is 2.63 bits per heavy atom. The molecular weight excluding hydrogens is 450 g/mol. The van der Waals surface area contributed by atoms with E-state index in [1.54, 1.807) is 0 Å². The van der Waals surface area contributed by atoms with Crippen molar-refractivity contribution in [3.8, 4) is 0 Å². The fourth-order valence-electron chi connectivity index (χ4n) is 6.55. The van der Waals surface area contributed by atoms with Crippen molar-refractivity contribution >= 4 is 11.9 Å². The molecule has 4 aliphatic heterocycles. The van der Waals surface area contributed by atoms with Crippen LogP contribution >= 0.6 is 0 Å². The summed E-state index contributed by atoms with van der Waals surface area (Å²) in [6.45, 7) is 8.09. The van der Waals surface area contributed by atoms with E-state index in [0.717, 1.165) is 31.2 Å². The second-order valence-electron chi connectivity index (χ2n) is 11.0. The van der Waals surface area contributed by atoms with Gasteiger partial charge in [-0.15, -0.1) is 0 Å². The molecule has 4 saturated heterocycles. The van der Waals surface area contributed by atoms with Gasteiger partial charge in [0.25, 0.3) is 0 Å². The summed E-state index contributed by atoms with van der Waals surface area (Å²) in [4.78, 5) is 37.1. The molecule has 1 aliphatic carbocycles. The Kier molecular flexibility index (Phi) is 6.68.